The standard InChI is InChI=1S/C22H32N4O3S2/c1-16-23-24-22(30-16)26-14-6-9-20(25-31(2,27)28)21(26)15-29-19-12-10-18(11-13-19)17-7-4-3-5-8-17/h3-5,7-8,18-21,25H,6,9-15H2,1-2H3/t18?,19?,20-,21-/m0/s1. The van der Waals surface area contributed by atoms with Gasteiger partial charge in [-0.15, -0.1) is 10.2 Å². The Morgan fingerprint density at radius 1 is 1.13 bits per heavy atom. The van der Waals surface area contributed by atoms with Crippen molar-refractivity contribution < 1.29 is 13.2 Å². The molecule has 1 saturated heterocycles. The first kappa shape index (κ1) is 22.6. The normalized spacial score (nSPS) is 27.4. The average Bonchev–Trinajstić information content (AvgIpc) is 3.19. The molecule has 170 valence electrons. The maximum absolute atomic E-state index is 12.0. The molecule has 0 unspecified atom stereocenters. The van der Waals surface area contributed by atoms with Gasteiger partial charge in [0.25, 0.3) is 0 Å². The predicted octanol–water partition coefficient (Wildman–Crippen LogP) is 3.48. The molecule has 2 aliphatic rings. The van der Waals surface area contributed by atoms with E-state index in [1.54, 1.807) is 11.3 Å². The Labute approximate surface area is 189 Å². The van der Waals surface area contributed by atoms with E-state index in [1.807, 2.05) is 6.92 Å². The molecule has 1 N–H and O–H groups in total. The van der Waals surface area contributed by atoms with Gasteiger partial charge in [0.15, 0.2) is 0 Å². The summed E-state index contributed by atoms with van der Waals surface area (Å²) in [7, 11) is -3.30. The molecule has 0 spiro atoms. The molecule has 31 heavy (non-hydrogen) atoms. The smallest absolute Gasteiger partial charge is 0.209 e. The first-order chi connectivity index (χ1) is 14.9. The Morgan fingerprint density at radius 3 is 2.52 bits per heavy atom. The molecular formula is C22H32N4O3S2. The zero-order valence-electron chi connectivity index (χ0n) is 18.2. The molecule has 0 bridgehead atoms. The first-order valence-electron chi connectivity index (χ1n) is 11.1. The highest BCUT2D eigenvalue weighted by Gasteiger charge is 2.36. The van der Waals surface area contributed by atoms with E-state index in [1.165, 1.54) is 11.8 Å². The van der Waals surface area contributed by atoms with Gasteiger partial charge < -0.3 is 9.64 Å². The van der Waals surface area contributed by atoms with Crippen LogP contribution in [0.15, 0.2) is 30.3 Å². The molecule has 2 fully saturated rings. The minimum absolute atomic E-state index is 0.0809. The minimum atomic E-state index is -3.30. The molecule has 1 saturated carbocycles. The van der Waals surface area contributed by atoms with Crippen LogP contribution in [0.4, 0.5) is 5.13 Å². The van der Waals surface area contributed by atoms with E-state index >= 15 is 0 Å². The summed E-state index contributed by atoms with van der Waals surface area (Å²) in [6.45, 7) is 3.27. The summed E-state index contributed by atoms with van der Waals surface area (Å²) in [5.74, 6) is 0.608. The van der Waals surface area contributed by atoms with E-state index in [2.05, 4.69) is 50.2 Å². The van der Waals surface area contributed by atoms with Gasteiger partial charge in [-0.25, -0.2) is 13.1 Å². The van der Waals surface area contributed by atoms with Crippen LogP contribution in [0.3, 0.4) is 0 Å². The number of piperidine rings is 1. The molecule has 2 atom stereocenters. The van der Waals surface area contributed by atoms with Crippen molar-refractivity contribution in [1.29, 1.82) is 0 Å². The third kappa shape index (κ3) is 6.03. The van der Waals surface area contributed by atoms with Crippen LogP contribution in [0.1, 0.15) is 55.0 Å². The number of aromatic nitrogens is 2. The molecule has 1 aromatic heterocycles. The predicted molar refractivity (Wildman–Crippen MR) is 124 cm³/mol. The van der Waals surface area contributed by atoms with Gasteiger partial charge in [0.05, 0.1) is 25.0 Å². The second-order valence-electron chi connectivity index (χ2n) is 8.72. The molecule has 9 heteroatoms. The lowest BCUT2D eigenvalue weighted by Gasteiger charge is -2.41. The Bertz CT molecular complexity index is 943. The van der Waals surface area contributed by atoms with Crippen molar-refractivity contribution in [3.05, 3.63) is 40.9 Å². The van der Waals surface area contributed by atoms with Crippen LogP contribution in [-0.2, 0) is 14.8 Å². The fourth-order valence-corrected chi connectivity index (χ4v) is 6.43. The maximum Gasteiger partial charge on any atom is 0.209 e. The van der Waals surface area contributed by atoms with Crippen molar-refractivity contribution in [1.82, 2.24) is 14.9 Å². The van der Waals surface area contributed by atoms with Crippen LogP contribution in [0.2, 0.25) is 0 Å². The lowest BCUT2D eigenvalue weighted by Crippen LogP contribution is -2.57. The van der Waals surface area contributed by atoms with Gasteiger partial charge in [-0.2, -0.15) is 0 Å². The second kappa shape index (κ2) is 9.94. The molecule has 2 aromatic rings. The molecule has 1 aromatic carbocycles. The maximum atomic E-state index is 12.0. The molecular weight excluding hydrogens is 432 g/mol. The zero-order chi connectivity index (χ0) is 21.8. The summed E-state index contributed by atoms with van der Waals surface area (Å²) in [5.41, 5.74) is 1.42. The van der Waals surface area contributed by atoms with E-state index in [4.69, 9.17) is 4.74 Å². The minimum Gasteiger partial charge on any atom is -0.376 e. The number of nitrogens with zero attached hydrogens (tertiary/aromatic N) is 3. The Hall–Kier alpha value is -1.55. The zero-order valence-corrected chi connectivity index (χ0v) is 19.9. The average molecular weight is 465 g/mol. The van der Waals surface area contributed by atoms with Crippen LogP contribution in [0.5, 0.6) is 0 Å². The van der Waals surface area contributed by atoms with Crippen LogP contribution in [-0.4, -0.2) is 56.2 Å². The van der Waals surface area contributed by atoms with Crippen molar-refractivity contribution in [3.8, 4) is 0 Å². The van der Waals surface area contributed by atoms with Crippen molar-refractivity contribution >= 4 is 26.5 Å². The number of benzene rings is 1. The van der Waals surface area contributed by atoms with E-state index < -0.39 is 10.0 Å². The highest BCUT2D eigenvalue weighted by Crippen LogP contribution is 2.35. The lowest BCUT2D eigenvalue weighted by atomic mass is 9.83. The molecule has 1 aliphatic heterocycles. The molecule has 0 amide bonds. The van der Waals surface area contributed by atoms with E-state index in [9.17, 15) is 8.42 Å². The summed E-state index contributed by atoms with van der Waals surface area (Å²) in [6.07, 6.45) is 7.49. The van der Waals surface area contributed by atoms with Crippen LogP contribution in [0, 0.1) is 6.92 Å². The fraction of sp³-hybridized carbons (Fsp3) is 0.636. The van der Waals surface area contributed by atoms with Crippen molar-refractivity contribution in [3.63, 3.8) is 0 Å². The topological polar surface area (TPSA) is 84.4 Å². The van der Waals surface area contributed by atoms with Crippen LogP contribution >= 0.6 is 11.3 Å². The van der Waals surface area contributed by atoms with E-state index in [0.717, 1.165) is 55.2 Å². The Balaban J connectivity index is 1.40. The number of hydrogen-bond acceptors (Lipinski definition) is 7. The monoisotopic (exact) mass is 464 g/mol. The van der Waals surface area contributed by atoms with Gasteiger partial charge in [-0.1, -0.05) is 41.7 Å². The molecule has 7 nitrogen and oxygen atoms in total. The summed E-state index contributed by atoms with van der Waals surface area (Å²) >= 11 is 1.55. The van der Waals surface area contributed by atoms with E-state index in [-0.39, 0.29) is 18.2 Å². The highest BCUT2D eigenvalue weighted by atomic mass is 32.2. The number of sulfonamides is 1. The summed E-state index contributed by atoms with van der Waals surface area (Å²) < 4.78 is 33.2. The van der Waals surface area contributed by atoms with E-state index in [0.29, 0.717) is 12.5 Å². The SMILES string of the molecule is Cc1nnc(N2CCC[C@H](NS(C)(=O)=O)[C@@H]2COC2CCC(c3ccccc3)CC2)s1. The van der Waals surface area contributed by atoms with Gasteiger partial charge in [0, 0.05) is 12.6 Å². The van der Waals surface area contributed by atoms with Gasteiger partial charge >= 0.3 is 0 Å². The summed E-state index contributed by atoms with van der Waals surface area (Å²) in [6, 6.07) is 10.5. The third-order valence-corrected chi connectivity index (χ3v) is 7.96. The van der Waals surface area contributed by atoms with Crippen molar-refractivity contribution in [2.75, 3.05) is 24.3 Å². The largest absolute Gasteiger partial charge is 0.376 e. The van der Waals surface area contributed by atoms with Crippen molar-refractivity contribution in [2.45, 2.75) is 69.6 Å². The Kier molecular flexibility index (Phi) is 7.26. The second-order valence-corrected chi connectivity index (χ2v) is 11.7. The number of nitrogens with one attached hydrogen (secondary N) is 1. The molecule has 2 heterocycles. The molecule has 0 radical (unpaired) electrons. The quantitative estimate of drug-likeness (QED) is 0.675. The van der Waals surface area contributed by atoms with Gasteiger partial charge in [0.1, 0.15) is 5.01 Å². The summed E-state index contributed by atoms with van der Waals surface area (Å²) in [5, 5.41) is 10.2. The number of anilines is 1. The van der Waals surface area contributed by atoms with Crippen molar-refractivity contribution in [2.24, 2.45) is 0 Å². The third-order valence-electron chi connectivity index (χ3n) is 6.35. The number of ether oxygens (including phenoxy) is 1. The first-order valence-corrected chi connectivity index (χ1v) is 13.8. The highest BCUT2D eigenvalue weighted by molar-refractivity contribution is 7.88. The Morgan fingerprint density at radius 2 is 1.87 bits per heavy atom. The van der Waals surface area contributed by atoms with Crippen LogP contribution in [0.25, 0.3) is 0 Å². The van der Waals surface area contributed by atoms with Crippen LogP contribution < -0.4 is 9.62 Å². The van der Waals surface area contributed by atoms with Gasteiger partial charge in [0.2, 0.25) is 15.2 Å². The van der Waals surface area contributed by atoms with Gasteiger partial charge in [-0.05, 0) is 56.9 Å². The summed E-state index contributed by atoms with van der Waals surface area (Å²) in [4.78, 5) is 2.19. The molecule has 1 aliphatic carbocycles. The number of aryl methyl sites for hydroxylation is 1. The number of hydrogen-bond donors (Lipinski definition) is 1. The molecule has 4 rings (SSSR count). The lowest BCUT2D eigenvalue weighted by molar-refractivity contribution is 0.0102. The number of rotatable bonds is 7. The fourth-order valence-electron chi connectivity index (χ4n) is 4.84. The van der Waals surface area contributed by atoms with Gasteiger partial charge in [-0.3, -0.25) is 0 Å².